The van der Waals surface area contributed by atoms with Gasteiger partial charge in [0.2, 0.25) is 0 Å². The SMILES string of the molecule is CC(C)N1C(=O)N(C)C2(CCN(Cc3cn(-c4ccccc4)nc3-c3ccccc3)CC2)C1=O. The second kappa shape index (κ2) is 8.72. The summed E-state index contributed by atoms with van der Waals surface area (Å²) in [5, 5.41) is 4.93. The first-order chi connectivity index (χ1) is 16.4. The molecule has 176 valence electrons. The molecular formula is C27H31N5O2. The molecule has 0 unspecified atom stereocenters. The number of carbonyl (C=O) groups excluding carboxylic acids is 2. The number of imide groups is 1. The van der Waals surface area contributed by atoms with Gasteiger partial charge in [-0.3, -0.25) is 14.6 Å². The number of carbonyl (C=O) groups is 2. The fourth-order valence-corrected chi connectivity index (χ4v) is 5.20. The van der Waals surface area contributed by atoms with E-state index in [1.165, 1.54) is 4.90 Å². The van der Waals surface area contributed by atoms with Gasteiger partial charge in [0.05, 0.1) is 11.4 Å². The number of likely N-dealkylation sites (tertiary alicyclic amines) is 1. The number of piperidine rings is 1. The highest BCUT2D eigenvalue weighted by atomic mass is 16.2. The highest BCUT2D eigenvalue weighted by molar-refractivity contribution is 6.07. The summed E-state index contributed by atoms with van der Waals surface area (Å²) in [6, 6.07) is 20.1. The maximum absolute atomic E-state index is 13.2. The van der Waals surface area contributed by atoms with E-state index in [1.807, 2.05) is 54.9 Å². The van der Waals surface area contributed by atoms with Crippen molar-refractivity contribution in [1.82, 2.24) is 24.5 Å². The van der Waals surface area contributed by atoms with E-state index in [2.05, 4.69) is 35.4 Å². The topological polar surface area (TPSA) is 61.7 Å². The second-order valence-corrected chi connectivity index (χ2v) is 9.57. The Morgan fingerprint density at radius 1 is 0.941 bits per heavy atom. The van der Waals surface area contributed by atoms with Gasteiger partial charge in [0.1, 0.15) is 5.54 Å². The Balaban J connectivity index is 1.38. The molecule has 2 aliphatic rings. The van der Waals surface area contributed by atoms with Gasteiger partial charge in [-0.15, -0.1) is 0 Å². The Hall–Kier alpha value is -3.45. The number of hydrogen-bond donors (Lipinski definition) is 0. The van der Waals surface area contributed by atoms with Gasteiger partial charge in [0, 0.05) is 50.0 Å². The van der Waals surface area contributed by atoms with Crippen molar-refractivity contribution in [2.45, 2.75) is 44.8 Å². The molecule has 0 atom stereocenters. The van der Waals surface area contributed by atoms with E-state index in [0.717, 1.165) is 42.1 Å². The molecule has 0 radical (unpaired) electrons. The summed E-state index contributed by atoms with van der Waals surface area (Å²) in [4.78, 5) is 31.5. The zero-order chi connectivity index (χ0) is 23.9. The normalized spacial score (nSPS) is 18.5. The van der Waals surface area contributed by atoms with Crippen LogP contribution in [-0.4, -0.2) is 68.1 Å². The van der Waals surface area contributed by atoms with Crippen LogP contribution in [0, 0.1) is 0 Å². The standard InChI is InChI=1S/C27H31N5O2/c1-20(2)32-25(33)27(29(3)26(32)34)14-16-30(17-15-27)18-22-19-31(23-12-8-5-9-13-23)28-24(22)21-10-6-4-7-11-21/h4-13,19-20H,14-18H2,1-3H3. The van der Waals surface area contributed by atoms with Gasteiger partial charge in [0.15, 0.2) is 0 Å². The number of para-hydroxylation sites is 1. The average Bonchev–Trinajstić information content (AvgIpc) is 3.35. The second-order valence-electron chi connectivity index (χ2n) is 9.57. The Morgan fingerprint density at radius 3 is 2.15 bits per heavy atom. The molecule has 0 N–H and O–H groups in total. The van der Waals surface area contributed by atoms with Crippen molar-refractivity contribution in [2.24, 2.45) is 0 Å². The monoisotopic (exact) mass is 457 g/mol. The molecule has 34 heavy (non-hydrogen) atoms. The predicted molar refractivity (Wildman–Crippen MR) is 131 cm³/mol. The summed E-state index contributed by atoms with van der Waals surface area (Å²) in [5.74, 6) is -0.0449. The van der Waals surface area contributed by atoms with Gasteiger partial charge in [0.25, 0.3) is 5.91 Å². The first-order valence-corrected chi connectivity index (χ1v) is 11.9. The molecule has 2 aliphatic heterocycles. The molecule has 7 nitrogen and oxygen atoms in total. The third-order valence-corrected chi connectivity index (χ3v) is 7.20. The van der Waals surface area contributed by atoms with Crippen LogP contribution in [0.3, 0.4) is 0 Å². The third-order valence-electron chi connectivity index (χ3n) is 7.20. The van der Waals surface area contributed by atoms with E-state index in [9.17, 15) is 9.59 Å². The van der Waals surface area contributed by atoms with Crippen LogP contribution in [0.15, 0.2) is 66.9 Å². The minimum Gasteiger partial charge on any atom is -0.312 e. The predicted octanol–water partition coefficient (Wildman–Crippen LogP) is 4.18. The molecule has 0 bridgehead atoms. The highest BCUT2D eigenvalue weighted by Crippen LogP contribution is 2.37. The first kappa shape index (κ1) is 22.3. The molecule has 2 fully saturated rings. The zero-order valence-corrected chi connectivity index (χ0v) is 20.0. The van der Waals surface area contributed by atoms with Crippen LogP contribution in [0.2, 0.25) is 0 Å². The van der Waals surface area contributed by atoms with Gasteiger partial charge in [-0.1, -0.05) is 48.5 Å². The van der Waals surface area contributed by atoms with Crippen LogP contribution in [-0.2, 0) is 11.3 Å². The molecular weight excluding hydrogens is 426 g/mol. The summed E-state index contributed by atoms with van der Waals surface area (Å²) in [6.45, 7) is 6.04. The fourth-order valence-electron chi connectivity index (χ4n) is 5.20. The van der Waals surface area contributed by atoms with Gasteiger partial charge < -0.3 is 4.90 Å². The van der Waals surface area contributed by atoms with Crippen molar-refractivity contribution >= 4 is 11.9 Å². The quantitative estimate of drug-likeness (QED) is 0.540. The average molecular weight is 458 g/mol. The van der Waals surface area contributed by atoms with Crippen LogP contribution in [0.5, 0.6) is 0 Å². The smallest absolute Gasteiger partial charge is 0.312 e. The lowest BCUT2D eigenvalue weighted by molar-refractivity contribution is -0.136. The van der Waals surface area contributed by atoms with Crippen LogP contribution in [0.25, 0.3) is 16.9 Å². The fraction of sp³-hybridized carbons (Fsp3) is 0.370. The van der Waals surface area contributed by atoms with Crippen LogP contribution >= 0.6 is 0 Å². The molecule has 1 aromatic heterocycles. The van der Waals surface area contributed by atoms with Crippen molar-refractivity contribution in [1.29, 1.82) is 0 Å². The molecule has 1 spiro atoms. The lowest BCUT2D eigenvalue weighted by Crippen LogP contribution is -2.55. The minimum atomic E-state index is -0.714. The summed E-state index contributed by atoms with van der Waals surface area (Å²) in [6.07, 6.45) is 3.40. The maximum Gasteiger partial charge on any atom is 0.327 e. The van der Waals surface area contributed by atoms with Crippen molar-refractivity contribution in [3.63, 3.8) is 0 Å². The van der Waals surface area contributed by atoms with Crippen molar-refractivity contribution in [3.05, 3.63) is 72.4 Å². The number of aromatic nitrogens is 2. The number of likely N-dealkylation sites (N-methyl/N-ethyl adjacent to an activating group) is 1. The lowest BCUT2D eigenvalue weighted by atomic mass is 9.86. The van der Waals surface area contributed by atoms with E-state index >= 15 is 0 Å². The Kier molecular flexibility index (Phi) is 5.73. The zero-order valence-electron chi connectivity index (χ0n) is 20.0. The van der Waals surface area contributed by atoms with Gasteiger partial charge >= 0.3 is 6.03 Å². The maximum atomic E-state index is 13.2. The Labute approximate surface area is 200 Å². The van der Waals surface area contributed by atoms with E-state index in [-0.39, 0.29) is 18.0 Å². The molecule has 0 saturated carbocycles. The molecule has 3 aromatic rings. The number of rotatable bonds is 5. The largest absolute Gasteiger partial charge is 0.327 e. The summed E-state index contributed by atoms with van der Waals surface area (Å²) in [5.41, 5.74) is 3.52. The number of benzene rings is 2. The van der Waals surface area contributed by atoms with Crippen molar-refractivity contribution in [3.8, 4) is 16.9 Å². The molecule has 0 aliphatic carbocycles. The molecule has 3 amide bonds. The summed E-state index contributed by atoms with van der Waals surface area (Å²) >= 11 is 0. The third kappa shape index (κ3) is 3.70. The number of nitrogens with zero attached hydrogens (tertiary/aromatic N) is 5. The van der Waals surface area contributed by atoms with Crippen LogP contribution in [0.4, 0.5) is 4.79 Å². The Bertz CT molecular complexity index is 1180. The molecule has 7 heteroatoms. The minimum absolute atomic E-state index is 0.0449. The van der Waals surface area contributed by atoms with E-state index in [1.54, 1.807) is 11.9 Å². The van der Waals surface area contributed by atoms with E-state index in [4.69, 9.17) is 5.10 Å². The molecule has 2 aromatic carbocycles. The molecule has 3 heterocycles. The van der Waals surface area contributed by atoms with E-state index < -0.39 is 5.54 Å². The molecule has 5 rings (SSSR count). The summed E-state index contributed by atoms with van der Waals surface area (Å²) in [7, 11) is 1.77. The Morgan fingerprint density at radius 2 is 1.56 bits per heavy atom. The van der Waals surface area contributed by atoms with Gasteiger partial charge in [-0.05, 0) is 38.8 Å². The number of amides is 3. The van der Waals surface area contributed by atoms with Crippen LogP contribution in [0.1, 0.15) is 32.3 Å². The van der Waals surface area contributed by atoms with Crippen molar-refractivity contribution < 1.29 is 9.59 Å². The van der Waals surface area contributed by atoms with Gasteiger partial charge in [-0.25, -0.2) is 9.48 Å². The first-order valence-electron chi connectivity index (χ1n) is 11.9. The number of hydrogen-bond acceptors (Lipinski definition) is 4. The highest BCUT2D eigenvalue weighted by Gasteiger charge is 2.57. The van der Waals surface area contributed by atoms with Crippen LogP contribution < -0.4 is 0 Å². The van der Waals surface area contributed by atoms with Crippen molar-refractivity contribution in [2.75, 3.05) is 20.1 Å². The summed E-state index contributed by atoms with van der Waals surface area (Å²) < 4.78 is 1.94. The molecule has 2 saturated heterocycles. The van der Waals surface area contributed by atoms with E-state index in [0.29, 0.717) is 12.8 Å². The number of urea groups is 1. The lowest BCUT2D eigenvalue weighted by Gasteiger charge is -2.40. The van der Waals surface area contributed by atoms with Gasteiger partial charge in [-0.2, -0.15) is 5.10 Å².